The minimum atomic E-state index is -0.746. The van der Waals surface area contributed by atoms with Gasteiger partial charge in [-0.2, -0.15) is 5.26 Å². The highest BCUT2D eigenvalue weighted by molar-refractivity contribution is 5.22. The van der Waals surface area contributed by atoms with Crippen molar-refractivity contribution in [3.63, 3.8) is 0 Å². The topological polar surface area (TPSA) is 23.8 Å². The first-order valence-electron chi connectivity index (χ1n) is 11.2. The van der Waals surface area contributed by atoms with Crippen molar-refractivity contribution in [3.05, 3.63) is 47.5 Å². The van der Waals surface area contributed by atoms with Crippen molar-refractivity contribution < 1.29 is 8.78 Å². The Morgan fingerprint density at radius 3 is 2.04 bits per heavy atom. The lowest BCUT2D eigenvalue weighted by Crippen LogP contribution is -2.14. The van der Waals surface area contributed by atoms with Crippen LogP contribution >= 0.6 is 0 Å². The second-order valence-electron chi connectivity index (χ2n) is 8.94. The maximum absolute atomic E-state index is 13.5. The van der Waals surface area contributed by atoms with Crippen molar-refractivity contribution in [1.29, 1.82) is 5.26 Å². The summed E-state index contributed by atoms with van der Waals surface area (Å²) in [4.78, 5) is 0. The van der Waals surface area contributed by atoms with E-state index in [2.05, 4.69) is 12.1 Å². The Labute approximate surface area is 168 Å². The van der Waals surface area contributed by atoms with Gasteiger partial charge in [0, 0.05) is 6.08 Å². The van der Waals surface area contributed by atoms with Crippen LogP contribution in [0.3, 0.4) is 0 Å². The molecule has 2 saturated carbocycles. The van der Waals surface area contributed by atoms with Crippen molar-refractivity contribution in [2.24, 2.45) is 17.8 Å². The molecule has 2 aliphatic rings. The Kier molecular flexibility index (Phi) is 8.07. The summed E-state index contributed by atoms with van der Waals surface area (Å²) in [5, 5.41) is 8.63. The molecule has 0 aliphatic heterocycles. The van der Waals surface area contributed by atoms with E-state index in [4.69, 9.17) is 5.26 Å². The predicted octanol–water partition coefficient (Wildman–Crippen LogP) is 7.69. The maximum Gasteiger partial charge on any atom is 0.159 e. The van der Waals surface area contributed by atoms with Crippen LogP contribution in [0.4, 0.5) is 8.78 Å². The second-order valence-corrected chi connectivity index (χ2v) is 8.94. The average molecular weight is 386 g/mol. The van der Waals surface area contributed by atoms with Crippen molar-refractivity contribution in [2.75, 3.05) is 0 Å². The first kappa shape index (κ1) is 21.0. The van der Waals surface area contributed by atoms with E-state index in [1.165, 1.54) is 76.3 Å². The highest BCUT2D eigenvalue weighted by Crippen LogP contribution is 2.38. The summed E-state index contributed by atoms with van der Waals surface area (Å²) in [6.07, 6.45) is 18.9. The van der Waals surface area contributed by atoms with E-state index >= 15 is 0 Å². The monoisotopic (exact) mass is 385 g/mol. The second kappa shape index (κ2) is 10.7. The number of benzene rings is 1. The minimum absolute atomic E-state index is 0.400. The van der Waals surface area contributed by atoms with Gasteiger partial charge in [-0.05, 0) is 92.7 Å². The van der Waals surface area contributed by atoms with Gasteiger partial charge in [0.15, 0.2) is 11.6 Å². The summed E-state index contributed by atoms with van der Waals surface area (Å²) in [6, 6.07) is 6.52. The molecule has 1 aromatic carbocycles. The lowest BCUT2D eigenvalue weighted by Gasteiger charge is -2.29. The van der Waals surface area contributed by atoms with Crippen LogP contribution in [0.2, 0.25) is 0 Å². The number of rotatable bonds is 7. The standard InChI is InChI=1S/C25H33F2N/c26-24-16-15-23(18-25(24)27)22-13-11-20(12-14-22)5-2-1-4-19-7-9-21(10-8-19)6-3-17-28/h3,6,15-16,18-22H,1-2,4-5,7-14H2. The summed E-state index contributed by atoms with van der Waals surface area (Å²) in [6.45, 7) is 0. The Bertz CT molecular complexity index is 674. The van der Waals surface area contributed by atoms with Crippen LogP contribution in [-0.2, 0) is 0 Å². The molecule has 0 aromatic heterocycles. The SMILES string of the molecule is N#CC=CC1CCC(CCCCC2CCC(c3ccc(F)c(F)c3)CC2)CC1. The van der Waals surface area contributed by atoms with E-state index < -0.39 is 11.6 Å². The highest BCUT2D eigenvalue weighted by Gasteiger charge is 2.23. The molecule has 0 saturated heterocycles. The van der Waals surface area contributed by atoms with Gasteiger partial charge in [0.2, 0.25) is 0 Å². The summed E-state index contributed by atoms with van der Waals surface area (Å²) < 4.78 is 26.6. The molecule has 0 unspecified atom stereocenters. The molecule has 1 nitrogen and oxygen atoms in total. The van der Waals surface area contributed by atoms with Crippen LogP contribution in [0, 0.1) is 40.7 Å². The zero-order valence-corrected chi connectivity index (χ0v) is 16.9. The first-order chi connectivity index (χ1) is 13.7. The number of hydrogen-bond acceptors (Lipinski definition) is 1. The van der Waals surface area contributed by atoms with Gasteiger partial charge in [-0.1, -0.05) is 37.8 Å². The summed E-state index contributed by atoms with van der Waals surface area (Å²) in [5.74, 6) is 1.26. The molecule has 0 atom stereocenters. The van der Waals surface area contributed by atoms with E-state index in [0.29, 0.717) is 11.8 Å². The van der Waals surface area contributed by atoms with Crippen molar-refractivity contribution in [2.45, 2.75) is 83.0 Å². The Morgan fingerprint density at radius 1 is 0.857 bits per heavy atom. The fourth-order valence-corrected chi connectivity index (χ4v) is 5.27. The molecule has 0 amide bonds. The van der Waals surface area contributed by atoms with Crippen LogP contribution in [0.1, 0.15) is 88.5 Å². The predicted molar refractivity (Wildman–Crippen MR) is 110 cm³/mol. The fourth-order valence-electron chi connectivity index (χ4n) is 5.27. The molecular weight excluding hydrogens is 352 g/mol. The van der Waals surface area contributed by atoms with Gasteiger partial charge < -0.3 is 0 Å². The number of allylic oxidation sites excluding steroid dienone is 2. The van der Waals surface area contributed by atoms with Gasteiger partial charge in [-0.3, -0.25) is 0 Å². The third-order valence-corrected chi connectivity index (χ3v) is 7.07. The van der Waals surface area contributed by atoms with E-state index in [-0.39, 0.29) is 0 Å². The summed E-state index contributed by atoms with van der Waals surface area (Å²) in [5.41, 5.74) is 0.970. The molecule has 0 spiro atoms. The van der Waals surface area contributed by atoms with E-state index in [0.717, 1.165) is 30.2 Å². The van der Waals surface area contributed by atoms with Gasteiger partial charge >= 0.3 is 0 Å². The molecule has 152 valence electrons. The van der Waals surface area contributed by atoms with Crippen LogP contribution in [0.15, 0.2) is 30.4 Å². The zero-order valence-electron chi connectivity index (χ0n) is 16.9. The normalized spacial score (nSPS) is 28.3. The molecule has 3 rings (SSSR count). The first-order valence-corrected chi connectivity index (χ1v) is 11.2. The van der Waals surface area contributed by atoms with Crippen LogP contribution in [0.25, 0.3) is 0 Å². The molecule has 2 fully saturated rings. The highest BCUT2D eigenvalue weighted by atomic mass is 19.2. The number of nitriles is 1. The largest absolute Gasteiger partial charge is 0.204 e. The molecule has 3 heteroatoms. The van der Waals surface area contributed by atoms with Gasteiger partial charge in [0.25, 0.3) is 0 Å². The number of hydrogen-bond donors (Lipinski definition) is 0. The third-order valence-electron chi connectivity index (χ3n) is 7.07. The lowest BCUT2D eigenvalue weighted by molar-refractivity contribution is 0.273. The lowest BCUT2D eigenvalue weighted by atomic mass is 9.76. The van der Waals surface area contributed by atoms with Crippen molar-refractivity contribution in [1.82, 2.24) is 0 Å². The van der Waals surface area contributed by atoms with Gasteiger partial charge in [0.1, 0.15) is 0 Å². The van der Waals surface area contributed by atoms with Crippen LogP contribution in [-0.4, -0.2) is 0 Å². The maximum atomic E-state index is 13.5. The molecular formula is C25H33F2N. The quantitative estimate of drug-likeness (QED) is 0.349. The average Bonchev–Trinajstić information content (AvgIpc) is 2.73. The van der Waals surface area contributed by atoms with Gasteiger partial charge in [-0.25, -0.2) is 8.78 Å². The van der Waals surface area contributed by atoms with E-state index in [9.17, 15) is 8.78 Å². The molecule has 2 aliphatic carbocycles. The molecule has 0 heterocycles. The number of halogens is 2. The Hall–Kier alpha value is -1.69. The van der Waals surface area contributed by atoms with Crippen molar-refractivity contribution in [3.8, 4) is 6.07 Å². The number of nitrogens with zero attached hydrogens (tertiary/aromatic N) is 1. The Balaban J connectivity index is 1.28. The van der Waals surface area contributed by atoms with Crippen molar-refractivity contribution >= 4 is 0 Å². The molecule has 28 heavy (non-hydrogen) atoms. The van der Waals surface area contributed by atoms with E-state index in [1.54, 1.807) is 12.1 Å². The molecule has 1 aromatic rings. The third kappa shape index (κ3) is 6.16. The fraction of sp³-hybridized carbons (Fsp3) is 0.640. The summed E-state index contributed by atoms with van der Waals surface area (Å²) >= 11 is 0. The van der Waals surface area contributed by atoms with Crippen LogP contribution < -0.4 is 0 Å². The zero-order chi connectivity index (χ0) is 19.8. The smallest absolute Gasteiger partial charge is 0.159 e. The Morgan fingerprint density at radius 2 is 1.46 bits per heavy atom. The molecule has 0 N–H and O–H groups in total. The minimum Gasteiger partial charge on any atom is -0.204 e. The van der Waals surface area contributed by atoms with Gasteiger partial charge in [-0.15, -0.1) is 0 Å². The molecule has 0 bridgehead atoms. The molecule has 0 radical (unpaired) electrons. The summed E-state index contributed by atoms with van der Waals surface area (Å²) in [7, 11) is 0. The number of unbranched alkanes of at least 4 members (excludes halogenated alkanes) is 1. The van der Waals surface area contributed by atoms with Gasteiger partial charge in [0.05, 0.1) is 6.07 Å². The van der Waals surface area contributed by atoms with E-state index in [1.807, 2.05) is 0 Å². The van der Waals surface area contributed by atoms with Crippen LogP contribution in [0.5, 0.6) is 0 Å².